The number of hydrogen-bond acceptors (Lipinski definition) is 5. The number of alkyl halides is 9. The Morgan fingerprint density at radius 1 is 1.05 bits per heavy atom. The number of hydrogen-bond donors (Lipinski definition) is 1. The molecule has 1 amide bonds. The van der Waals surface area contributed by atoms with Crippen LogP contribution >= 0.6 is 11.8 Å². The number of amides is 1. The molecule has 0 radical (unpaired) electrons. The molecule has 0 fully saturated rings. The van der Waals surface area contributed by atoms with E-state index in [0.29, 0.717) is 12.3 Å². The summed E-state index contributed by atoms with van der Waals surface area (Å²) in [5.74, 6) is 0.109. The van der Waals surface area contributed by atoms with Crippen LogP contribution in [0.4, 0.5) is 39.5 Å². The Morgan fingerprint density at radius 3 is 2.26 bits per heavy atom. The zero-order valence-corrected chi connectivity index (χ0v) is 20.4. The highest BCUT2D eigenvalue weighted by Gasteiger charge is 2.63. The van der Waals surface area contributed by atoms with E-state index in [2.05, 4.69) is 20.3 Å². The quantitative estimate of drug-likeness (QED) is 0.283. The van der Waals surface area contributed by atoms with Crippen molar-refractivity contribution < 1.29 is 49.1 Å². The number of pyridine rings is 1. The van der Waals surface area contributed by atoms with E-state index in [9.17, 15) is 44.3 Å². The molecule has 6 nitrogen and oxygen atoms in total. The van der Waals surface area contributed by atoms with Gasteiger partial charge in [0.25, 0.3) is 11.5 Å². The summed E-state index contributed by atoms with van der Waals surface area (Å²) in [6.45, 7) is 0.334. The summed E-state index contributed by atoms with van der Waals surface area (Å²) in [5, 5.41) is 6.09. The van der Waals surface area contributed by atoms with E-state index in [1.807, 2.05) is 6.26 Å². The maximum Gasteiger partial charge on any atom is 0.435 e. The third-order valence-corrected chi connectivity index (χ3v) is 6.53. The van der Waals surface area contributed by atoms with Crippen LogP contribution in [0.25, 0.3) is 5.65 Å². The average molecular weight is 584 g/mol. The number of fused-ring (bicyclic) bond motifs is 1. The molecular formula is C23H17F9N4O2S. The Bertz CT molecular complexity index is 1400. The molecule has 0 saturated carbocycles. The lowest BCUT2D eigenvalue weighted by Crippen LogP contribution is -2.43. The van der Waals surface area contributed by atoms with E-state index >= 15 is 0 Å². The van der Waals surface area contributed by atoms with Crippen LogP contribution in [0.2, 0.25) is 0 Å². The molecule has 1 aliphatic rings. The third-order valence-electron chi connectivity index (χ3n) is 5.92. The fourth-order valence-corrected chi connectivity index (χ4v) is 4.32. The molecule has 1 atom stereocenters. The van der Waals surface area contributed by atoms with E-state index in [-0.39, 0.29) is 35.1 Å². The molecule has 3 aromatic rings. The van der Waals surface area contributed by atoms with Crippen LogP contribution in [0, 0.1) is 0 Å². The van der Waals surface area contributed by atoms with Crippen molar-refractivity contribution in [2.45, 2.75) is 30.6 Å². The summed E-state index contributed by atoms with van der Waals surface area (Å²) in [7, 11) is 0. The van der Waals surface area contributed by atoms with E-state index in [1.165, 1.54) is 40.7 Å². The molecule has 0 bridgehead atoms. The van der Waals surface area contributed by atoms with Gasteiger partial charge in [-0.1, -0.05) is 5.16 Å². The van der Waals surface area contributed by atoms with Crippen molar-refractivity contribution >= 4 is 29.0 Å². The molecule has 0 aliphatic carbocycles. The average Bonchev–Trinajstić information content (AvgIpc) is 3.50. The van der Waals surface area contributed by atoms with Gasteiger partial charge in [0, 0.05) is 30.3 Å². The second kappa shape index (κ2) is 9.95. The molecule has 0 saturated heterocycles. The van der Waals surface area contributed by atoms with Crippen LogP contribution in [-0.2, 0) is 22.8 Å². The minimum Gasteiger partial charge on any atom is -0.374 e. The maximum absolute atomic E-state index is 14.4. The topological polar surface area (TPSA) is 68.0 Å². The van der Waals surface area contributed by atoms with Crippen molar-refractivity contribution in [3.63, 3.8) is 0 Å². The Labute approximate surface area is 218 Å². The van der Waals surface area contributed by atoms with Gasteiger partial charge in [-0.3, -0.25) is 9.20 Å². The number of imidazole rings is 1. The first kappa shape index (κ1) is 28.6. The second-order valence-electron chi connectivity index (χ2n) is 8.43. The third kappa shape index (κ3) is 5.38. The van der Waals surface area contributed by atoms with Crippen LogP contribution < -0.4 is 5.32 Å². The van der Waals surface area contributed by atoms with Gasteiger partial charge in [-0.2, -0.15) is 51.3 Å². The molecule has 4 rings (SSSR count). The highest BCUT2D eigenvalue weighted by Crippen LogP contribution is 2.50. The minimum absolute atomic E-state index is 0.0317. The number of nitrogens with zero attached hydrogens (tertiary/aromatic N) is 3. The smallest absolute Gasteiger partial charge is 0.374 e. The lowest BCUT2D eigenvalue weighted by atomic mass is 9.85. The fourth-order valence-electron chi connectivity index (χ4n) is 4.02. The molecule has 210 valence electrons. The molecule has 1 aliphatic heterocycles. The Balaban J connectivity index is 1.78. The summed E-state index contributed by atoms with van der Waals surface area (Å²) >= 11 is 1.49. The highest BCUT2D eigenvalue weighted by molar-refractivity contribution is 7.98. The predicted octanol–water partition coefficient (Wildman–Crippen LogP) is 6.05. The molecule has 1 N–H and O–H groups in total. The van der Waals surface area contributed by atoms with Crippen molar-refractivity contribution in [2.24, 2.45) is 5.16 Å². The monoisotopic (exact) mass is 584 g/mol. The van der Waals surface area contributed by atoms with Crippen molar-refractivity contribution in [1.29, 1.82) is 0 Å². The first-order chi connectivity index (χ1) is 18.1. The van der Waals surface area contributed by atoms with Crippen molar-refractivity contribution in [3.05, 3.63) is 70.7 Å². The maximum atomic E-state index is 14.4. The predicted molar refractivity (Wildman–Crippen MR) is 122 cm³/mol. The summed E-state index contributed by atoms with van der Waals surface area (Å²) in [5.41, 5.74) is -9.29. The second-order valence-corrected chi connectivity index (χ2v) is 9.41. The largest absolute Gasteiger partial charge is 0.435 e. The normalized spacial score (nSPS) is 18.3. The fraction of sp³-hybridized carbons (Fsp3) is 0.348. The van der Waals surface area contributed by atoms with Crippen LogP contribution in [0.3, 0.4) is 0 Å². The van der Waals surface area contributed by atoms with E-state index in [4.69, 9.17) is 0 Å². The SMILES string of the molecule is CSCCNC(=O)c1ccc(C2=NOC(c3cc(C(F)(F)F)cc(C(F)(F)F)c3)(C(F)(F)F)C2)n2ccnc12. The summed E-state index contributed by atoms with van der Waals surface area (Å²) in [6, 6.07) is 2.17. The summed E-state index contributed by atoms with van der Waals surface area (Å²) in [4.78, 5) is 21.3. The number of carbonyl (C=O) groups is 1. The zero-order valence-electron chi connectivity index (χ0n) is 19.6. The van der Waals surface area contributed by atoms with Crippen molar-refractivity contribution in [1.82, 2.24) is 14.7 Å². The van der Waals surface area contributed by atoms with Crippen molar-refractivity contribution in [3.8, 4) is 0 Å². The molecule has 39 heavy (non-hydrogen) atoms. The lowest BCUT2D eigenvalue weighted by molar-refractivity contribution is -0.276. The lowest BCUT2D eigenvalue weighted by Gasteiger charge is -2.30. The summed E-state index contributed by atoms with van der Waals surface area (Å²) < 4.78 is 125. The summed E-state index contributed by atoms with van der Waals surface area (Å²) in [6.07, 6.45) is -13.1. The van der Waals surface area contributed by atoms with Gasteiger partial charge in [0.1, 0.15) is 11.4 Å². The number of nitrogens with one attached hydrogen (secondary N) is 1. The first-order valence-corrected chi connectivity index (χ1v) is 12.3. The number of oxime groups is 1. The highest BCUT2D eigenvalue weighted by atomic mass is 32.2. The van der Waals surface area contributed by atoms with Gasteiger partial charge in [0.2, 0.25) is 0 Å². The van der Waals surface area contributed by atoms with Gasteiger partial charge < -0.3 is 10.2 Å². The van der Waals surface area contributed by atoms with E-state index < -0.39 is 58.9 Å². The van der Waals surface area contributed by atoms with Crippen LogP contribution in [-0.4, -0.2) is 45.7 Å². The van der Waals surface area contributed by atoms with Crippen LogP contribution in [0.15, 0.2) is 47.9 Å². The number of rotatable bonds is 6. The first-order valence-electron chi connectivity index (χ1n) is 10.9. The van der Waals surface area contributed by atoms with Gasteiger partial charge in [-0.15, -0.1) is 0 Å². The minimum atomic E-state index is -5.48. The number of aromatic nitrogens is 2. The van der Waals surface area contributed by atoms with E-state index in [0.717, 1.165) is 0 Å². The molecule has 1 aromatic carbocycles. The standard InChI is InChI=1S/C23H17F9N4O2S/c1-39-7-5-34-19(37)15-2-3-17(36-6-4-33-18(15)36)16-11-20(38-35-16,23(30,31)32)12-8-13(21(24,25)26)10-14(9-12)22(27,28)29/h2-4,6,8-10H,5,7,11H2,1H3,(H,34,37). The van der Waals surface area contributed by atoms with Gasteiger partial charge >= 0.3 is 18.5 Å². The molecule has 0 spiro atoms. The van der Waals surface area contributed by atoms with Gasteiger partial charge in [0.15, 0.2) is 0 Å². The molecule has 2 aromatic heterocycles. The van der Waals surface area contributed by atoms with E-state index in [1.54, 1.807) is 0 Å². The Morgan fingerprint density at radius 2 is 1.69 bits per heavy atom. The number of benzene rings is 1. The Hall–Kier alpha value is -3.43. The van der Waals surface area contributed by atoms with Gasteiger partial charge in [-0.25, -0.2) is 4.98 Å². The Kier molecular flexibility index (Phi) is 7.29. The van der Waals surface area contributed by atoms with Crippen LogP contribution in [0.5, 0.6) is 0 Å². The zero-order chi connectivity index (χ0) is 28.8. The van der Waals surface area contributed by atoms with Gasteiger partial charge in [0.05, 0.1) is 28.8 Å². The number of carbonyl (C=O) groups excluding carboxylic acids is 1. The number of thioether (sulfide) groups is 1. The number of halogens is 9. The van der Waals surface area contributed by atoms with Gasteiger partial charge in [-0.05, 0) is 36.6 Å². The molecule has 1 unspecified atom stereocenters. The molecular weight excluding hydrogens is 567 g/mol. The molecule has 3 heterocycles. The van der Waals surface area contributed by atoms with Crippen LogP contribution in [0.1, 0.15) is 39.2 Å². The molecule has 16 heteroatoms. The van der Waals surface area contributed by atoms with Crippen molar-refractivity contribution in [2.75, 3.05) is 18.6 Å².